The average molecular weight is 297 g/mol. The molecule has 0 unspecified atom stereocenters. The van der Waals surface area contributed by atoms with Gasteiger partial charge in [0.1, 0.15) is 11.4 Å². The number of aromatic hydroxyl groups is 1. The van der Waals surface area contributed by atoms with Crippen LogP contribution in [0.3, 0.4) is 0 Å². The molecule has 20 heavy (non-hydrogen) atoms. The average Bonchev–Trinajstić information content (AvgIpc) is 2.34. The summed E-state index contributed by atoms with van der Waals surface area (Å²) in [5, 5.41) is 10.1. The van der Waals surface area contributed by atoms with Crippen LogP contribution in [0, 0.1) is 0 Å². The van der Waals surface area contributed by atoms with Gasteiger partial charge in [-0.3, -0.25) is 9.59 Å². The second-order valence-electron chi connectivity index (χ2n) is 4.65. The van der Waals surface area contributed by atoms with E-state index in [1.54, 1.807) is 33.1 Å². The number of hydrogen-bond acceptors (Lipinski definition) is 4. The van der Waals surface area contributed by atoms with Crippen molar-refractivity contribution in [3.05, 3.63) is 40.6 Å². The lowest BCUT2D eigenvalue weighted by molar-refractivity contribution is -0.126. The fourth-order valence-electron chi connectivity index (χ4n) is 1.53. The van der Waals surface area contributed by atoms with Crippen molar-refractivity contribution in [2.24, 2.45) is 0 Å². The highest BCUT2D eigenvalue weighted by atomic mass is 35.5. The van der Waals surface area contributed by atoms with E-state index >= 15 is 0 Å². The lowest BCUT2D eigenvalue weighted by Gasteiger charge is -2.19. The Morgan fingerprint density at radius 3 is 2.20 bits per heavy atom. The maximum atomic E-state index is 12.1. The topological polar surface area (TPSA) is 60.9 Å². The number of hydrogen-bond donors (Lipinski definition) is 1. The molecule has 0 bridgehead atoms. The number of likely N-dealkylation sites (N-methyl/N-ethyl adjacent to an activating group) is 2. The van der Waals surface area contributed by atoms with E-state index in [9.17, 15) is 14.7 Å². The Bertz CT molecular complexity index is 566. The van der Waals surface area contributed by atoms with E-state index in [2.05, 4.69) is 0 Å². The van der Waals surface area contributed by atoms with E-state index in [0.29, 0.717) is 5.02 Å². The monoisotopic (exact) mass is 296 g/mol. The minimum Gasteiger partial charge on any atom is -0.507 e. The molecule has 1 amide bonds. The maximum Gasteiger partial charge on any atom is 0.269 e. The summed E-state index contributed by atoms with van der Waals surface area (Å²) >= 11 is 5.71. The van der Waals surface area contributed by atoms with Gasteiger partial charge in [-0.25, -0.2) is 0 Å². The first-order valence-electron chi connectivity index (χ1n) is 5.87. The first-order valence-corrected chi connectivity index (χ1v) is 6.25. The summed E-state index contributed by atoms with van der Waals surface area (Å²) in [6, 6.07) is 4.21. The lowest BCUT2D eigenvalue weighted by Crippen LogP contribution is -2.31. The van der Waals surface area contributed by atoms with Crippen LogP contribution in [0.2, 0.25) is 5.02 Å². The molecule has 1 rings (SSSR count). The van der Waals surface area contributed by atoms with E-state index in [1.807, 2.05) is 0 Å². The van der Waals surface area contributed by atoms with Crippen LogP contribution in [0.5, 0.6) is 5.75 Å². The molecular formula is C14H17ClN2O3. The van der Waals surface area contributed by atoms with Crippen LogP contribution in [0.1, 0.15) is 10.4 Å². The van der Waals surface area contributed by atoms with E-state index in [4.69, 9.17) is 11.6 Å². The molecule has 0 saturated heterocycles. The smallest absolute Gasteiger partial charge is 0.269 e. The van der Waals surface area contributed by atoms with Crippen LogP contribution in [0.15, 0.2) is 30.0 Å². The van der Waals surface area contributed by atoms with Crippen LogP contribution in [0.25, 0.3) is 0 Å². The normalized spacial score (nSPS) is 11.2. The SMILES string of the molecule is CN(C)C(=O)/C(=C\C(=O)c1ccc(Cl)cc1O)N(C)C. The first-order chi connectivity index (χ1) is 9.23. The van der Waals surface area contributed by atoms with Crippen molar-refractivity contribution in [2.75, 3.05) is 28.2 Å². The van der Waals surface area contributed by atoms with Crippen LogP contribution in [-0.4, -0.2) is 54.8 Å². The number of carbonyl (C=O) groups excluding carboxylic acids is 2. The Kier molecular flexibility index (Phi) is 5.16. The standard InChI is InChI=1S/C14H17ClN2O3/c1-16(2)11(14(20)17(3)4)8-13(19)10-6-5-9(15)7-12(10)18/h5-8,18H,1-4H3/b11-8+. The molecule has 0 heterocycles. The molecule has 0 aliphatic carbocycles. The minimum absolute atomic E-state index is 0.0975. The van der Waals surface area contributed by atoms with Crippen LogP contribution >= 0.6 is 11.6 Å². The predicted octanol–water partition coefficient (Wildman–Crippen LogP) is 1.76. The molecule has 0 radical (unpaired) electrons. The summed E-state index contributed by atoms with van der Waals surface area (Å²) in [6.07, 6.45) is 1.20. The van der Waals surface area contributed by atoms with Gasteiger partial charge in [-0.05, 0) is 18.2 Å². The Morgan fingerprint density at radius 1 is 1.15 bits per heavy atom. The van der Waals surface area contributed by atoms with Crippen LogP contribution in [-0.2, 0) is 4.79 Å². The van der Waals surface area contributed by atoms with Gasteiger partial charge in [0.25, 0.3) is 5.91 Å². The van der Waals surface area contributed by atoms with Crippen molar-refractivity contribution < 1.29 is 14.7 Å². The molecule has 0 aromatic heterocycles. The number of halogens is 1. The van der Waals surface area contributed by atoms with Gasteiger partial charge in [0.15, 0.2) is 5.78 Å². The highest BCUT2D eigenvalue weighted by Gasteiger charge is 2.17. The van der Waals surface area contributed by atoms with Gasteiger partial charge in [-0.1, -0.05) is 11.6 Å². The Balaban J connectivity index is 3.17. The molecule has 0 aliphatic heterocycles. The van der Waals surface area contributed by atoms with Crippen LogP contribution < -0.4 is 0 Å². The number of benzene rings is 1. The summed E-state index contributed by atoms with van der Waals surface area (Å²) in [6.45, 7) is 0. The molecule has 1 aromatic carbocycles. The third-order valence-electron chi connectivity index (χ3n) is 2.60. The number of nitrogens with zero attached hydrogens (tertiary/aromatic N) is 2. The second-order valence-corrected chi connectivity index (χ2v) is 5.09. The van der Waals surface area contributed by atoms with Gasteiger partial charge in [-0.15, -0.1) is 0 Å². The van der Waals surface area contributed by atoms with Gasteiger partial charge in [-0.2, -0.15) is 0 Å². The summed E-state index contributed by atoms with van der Waals surface area (Å²) in [7, 11) is 6.54. The number of allylic oxidation sites excluding steroid dienone is 1. The number of phenolic OH excluding ortho intramolecular Hbond substituents is 1. The van der Waals surface area contributed by atoms with E-state index in [0.717, 1.165) is 0 Å². The molecule has 5 nitrogen and oxygen atoms in total. The lowest BCUT2D eigenvalue weighted by atomic mass is 10.1. The van der Waals surface area contributed by atoms with Crippen molar-refractivity contribution in [2.45, 2.75) is 0 Å². The van der Waals surface area contributed by atoms with Crippen LogP contribution in [0.4, 0.5) is 0 Å². The van der Waals surface area contributed by atoms with Crippen molar-refractivity contribution >= 4 is 23.3 Å². The van der Waals surface area contributed by atoms with Gasteiger partial charge in [0, 0.05) is 39.3 Å². The van der Waals surface area contributed by atoms with Crippen molar-refractivity contribution in [3.63, 3.8) is 0 Å². The quantitative estimate of drug-likeness (QED) is 0.679. The van der Waals surface area contributed by atoms with Gasteiger partial charge in [0.2, 0.25) is 0 Å². The number of amides is 1. The summed E-state index contributed by atoms with van der Waals surface area (Å²) < 4.78 is 0. The number of phenols is 1. The largest absolute Gasteiger partial charge is 0.507 e. The third kappa shape index (κ3) is 3.74. The van der Waals surface area contributed by atoms with E-state index < -0.39 is 5.78 Å². The van der Waals surface area contributed by atoms with Crippen molar-refractivity contribution in [3.8, 4) is 5.75 Å². The second kappa shape index (κ2) is 6.43. The summed E-state index contributed by atoms with van der Waals surface area (Å²) in [5.74, 6) is -0.968. The Morgan fingerprint density at radius 2 is 1.75 bits per heavy atom. The summed E-state index contributed by atoms with van der Waals surface area (Å²) in [4.78, 5) is 27.0. The maximum absolute atomic E-state index is 12.1. The zero-order chi connectivity index (χ0) is 15.4. The molecule has 6 heteroatoms. The zero-order valence-electron chi connectivity index (χ0n) is 11.8. The number of carbonyl (C=O) groups is 2. The molecule has 108 valence electrons. The third-order valence-corrected chi connectivity index (χ3v) is 2.84. The highest BCUT2D eigenvalue weighted by molar-refractivity contribution is 6.31. The molecule has 1 N–H and O–H groups in total. The van der Waals surface area contributed by atoms with Gasteiger partial charge < -0.3 is 14.9 Å². The Hall–Kier alpha value is -2.01. The molecule has 0 fully saturated rings. The molecule has 0 aliphatic rings. The predicted molar refractivity (Wildman–Crippen MR) is 77.9 cm³/mol. The number of rotatable bonds is 4. The minimum atomic E-state index is -0.460. The van der Waals surface area contributed by atoms with Gasteiger partial charge in [0.05, 0.1) is 5.56 Å². The van der Waals surface area contributed by atoms with Crippen molar-refractivity contribution in [1.29, 1.82) is 0 Å². The van der Waals surface area contributed by atoms with E-state index in [-0.39, 0.29) is 22.9 Å². The van der Waals surface area contributed by atoms with Crippen molar-refractivity contribution in [1.82, 2.24) is 9.80 Å². The fourth-order valence-corrected chi connectivity index (χ4v) is 1.69. The molecule has 0 atom stereocenters. The van der Waals surface area contributed by atoms with E-state index in [1.165, 1.54) is 29.2 Å². The highest BCUT2D eigenvalue weighted by Crippen LogP contribution is 2.23. The molecule has 0 saturated carbocycles. The first kappa shape index (κ1) is 16.0. The number of ketones is 1. The van der Waals surface area contributed by atoms with Gasteiger partial charge >= 0.3 is 0 Å². The Labute approximate surface area is 123 Å². The zero-order valence-corrected chi connectivity index (χ0v) is 12.6. The molecule has 1 aromatic rings. The molecular weight excluding hydrogens is 280 g/mol. The summed E-state index contributed by atoms with van der Waals surface area (Å²) in [5.41, 5.74) is 0.328. The fraction of sp³-hybridized carbons (Fsp3) is 0.286. The molecule has 0 spiro atoms.